The van der Waals surface area contributed by atoms with E-state index >= 15 is 0 Å². The van der Waals surface area contributed by atoms with E-state index in [0.717, 1.165) is 16.5 Å². The first kappa shape index (κ1) is 10.9. The summed E-state index contributed by atoms with van der Waals surface area (Å²) in [6.07, 6.45) is 4.77. The fourth-order valence-electron chi connectivity index (χ4n) is 2.09. The molecule has 0 unspecified atom stereocenters. The lowest BCUT2D eigenvalue weighted by Gasteiger charge is -2.02. The summed E-state index contributed by atoms with van der Waals surface area (Å²) in [5.74, 6) is 0.993. The molecular weight excluding hydrogens is 254 g/mol. The van der Waals surface area contributed by atoms with Gasteiger partial charge in [0, 0.05) is 11.6 Å². The Hall–Kier alpha value is -2.95. The third-order valence-corrected chi connectivity index (χ3v) is 2.97. The average molecular weight is 263 g/mol. The van der Waals surface area contributed by atoms with Gasteiger partial charge >= 0.3 is 0 Å². The lowest BCUT2D eigenvalue weighted by molar-refractivity contribution is 0.454. The van der Waals surface area contributed by atoms with Gasteiger partial charge in [-0.2, -0.15) is 4.98 Å². The van der Waals surface area contributed by atoms with Gasteiger partial charge in [0.25, 0.3) is 5.88 Å². The second kappa shape index (κ2) is 4.31. The van der Waals surface area contributed by atoms with E-state index in [1.807, 2.05) is 30.3 Å². The number of fused-ring (bicyclic) bond motifs is 3. The zero-order valence-corrected chi connectivity index (χ0v) is 10.4. The summed E-state index contributed by atoms with van der Waals surface area (Å²) in [6.45, 7) is 0. The molecule has 0 atom stereocenters. The predicted octanol–water partition coefficient (Wildman–Crippen LogP) is 3.56. The Labute approximate surface area is 113 Å². The third kappa shape index (κ3) is 1.68. The van der Waals surface area contributed by atoms with Gasteiger partial charge < -0.3 is 9.15 Å². The van der Waals surface area contributed by atoms with Crippen molar-refractivity contribution in [2.75, 3.05) is 0 Å². The molecule has 0 saturated carbocycles. The van der Waals surface area contributed by atoms with Gasteiger partial charge in [0.15, 0.2) is 0 Å². The van der Waals surface area contributed by atoms with Gasteiger partial charge in [-0.25, -0.2) is 4.98 Å². The first-order chi connectivity index (χ1) is 9.92. The number of aromatic nitrogens is 3. The molecule has 3 heterocycles. The van der Waals surface area contributed by atoms with Gasteiger partial charge in [0.05, 0.1) is 6.20 Å². The molecule has 5 nitrogen and oxygen atoms in total. The Kier molecular flexibility index (Phi) is 2.35. The van der Waals surface area contributed by atoms with Crippen LogP contribution < -0.4 is 4.74 Å². The van der Waals surface area contributed by atoms with Crippen molar-refractivity contribution in [2.45, 2.75) is 0 Å². The minimum absolute atomic E-state index is 0.388. The zero-order chi connectivity index (χ0) is 13.4. The number of rotatable bonds is 2. The van der Waals surface area contributed by atoms with Crippen molar-refractivity contribution < 1.29 is 9.15 Å². The number of hydrogen-bond donors (Lipinski definition) is 0. The summed E-state index contributed by atoms with van der Waals surface area (Å²) in [5, 5.41) is 0.945. The standard InChI is InChI=1S/C15H9N3O2/c1-2-6-12-11(5-1)13-14(20-12)15(18-9-17-13)19-10-4-3-7-16-8-10/h1-9H. The van der Waals surface area contributed by atoms with Gasteiger partial charge in [0.2, 0.25) is 5.58 Å². The lowest BCUT2D eigenvalue weighted by Crippen LogP contribution is -1.89. The van der Waals surface area contributed by atoms with Crippen molar-refractivity contribution in [1.29, 1.82) is 0 Å². The Morgan fingerprint density at radius 2 is 1.95 bits per heavy atom. The van der Waals surface area contributed by atoms with E-state index in [2.05, 4.69) is 15.0 Å². The van der Waals surface area contributed by atoms with E-state index in [9.17, 15) is 0 Å². The number of nitrogens with zero attached hydrogens (tertiary/aromatic N) is 3. The molecule has 0 aliphatic rings. The summed E-state index contributed by atoms with van der Waals surface area (Å²) in [4.78, 5) is 12.4. The fourth-order valence-corrected chi connectivity index (χ4v) is 2.09. The number of benzene rings is 1. The average Bonchev–Trinajstić information content (AvgIpc) is 2.88. The first-order valence-electron chi connectivity index (χ1n) is 6.12. The highest BCUT2D eigenvalue weighted by atomic mass is 16.5. The SMILES string of the molecule is c1cncc(Oc2ncnc3c2oc2ccccc23)c1. The van der Waals surface area contributed by atoms with Crippen LogP contribution >= 0.6 is 0 Å². The van der Waals surface area contributed by atoms with E-state index in [1.54, 1.807) is 18.5 Å². The molecule has 96 valence electrons. The second-order valence-corrected chi connectivity index (χ2v) is 4.25. The third-order valence-electron chi connectivity index (χ3n) is 2.97. The molecule has 20 heavy (non-hydrogen) atoms. The van der Waals surface area contributed by atoms with Crippen LogP contribution in [0.2, 0.25) is 0 Å². The number of furan rings is 1. The fraction of sp³-hybridized carbons (Fsp3) is 0. The summed E-state index contributed by atoms with van der Waals surface area (Å²) in [7, 11) is 0. The molecule has 0 radical (unpaired) electrons. The molecule has 3 aromatic heterocycles. The molecule has 0 amide bonds. The molecule has 1 aromatic carbocycles. The highest BCUT2D eigenvalue weighted by Gasteiger charge is 2.14. The molecule has 0 aliphatic carbocycles. The van der Waals surface area contributed by atoms with E-state index in [1.165, 1.54) is 6.33 Å². The van der Waals surface area contributed by atoms with Crippen LogP contribution in [0.5, 0.6) is 11.6 Å². The topological polar surface area (TPSA) is 61.0 Å². The highest BCUT2D eigenvalue weighted by Crippen LogP contribution is 2.33. The Morgan fingerprint density at radius 1 is 1.00 bits per heavy atom. The van der Waals surface area contributed by atoms with Crippen LogP contribution in [0.25, 0.3) is 22.1 Å². The zero-order valence-electron chi connectivity index (χ0n) is 10.4. The lowest BCUT2D eigenvalue weighted by atomic mass is 10.2. The van der Waals surface area contributed by atoms with Crippen LogP contribution in [0.4, 0.5) is 0 Å². The van der Waals surface area contributed by atoms with Crippen molar-refractivity contribution in [3.8, 4) is 11.6 Å². The van der Waals surface area contributed by atoms with Gasteiger partial charge in [-0.05, 0) is 24.3 Å². The van der Waals surface area contributed by atoms with Crippen molar-refractivity contribution >= 4 is 22.1 Å². The summed E-state index contributed by atoms with van der Waals surface area (Å²) in [5.41, 5.74) is 2.05. The minimum atomic E-state index is 0.388. The normalized spacial score (nSPS) is 11.0. The number of hydrogen-bond acceptors (Lipinski definition) is 5. The maximum absolute atomic E-state index is 5.79. The van der Waals surface area contributed by atoms with E-state index in [-0.39, 0.29) is 0 Å². The van der Waals surface area contributed by atoms with Crippen molar-refractivity contribution in [2.24, 2.45) is 0 Å². The van der Waals surface area contributed by atoms with Crippen LogP contribution in [0, 0.1) is 0 Å². The molecule has 0 N–H and O–H groups in total. The highest BCUT2D eigenvalue weighted by molar-refractivity contribution is 6.03. The molecule has 0 saturated heterocycles. The Bertz CT molecular complexity index is 887. The van der Waals surface area contributed by atoms with Gasteiger partial charge in [0.1, 0.15) is 23.2 Å². The predicted molar refractivity (Wildman–Crippen MR) is 73.6 cm³/mol. The molecular formula is C15H9N3O2. The summed E-state index contributed by atoms with van der Waals surface area (Å²) < 4.78 is 11.5. The quantitative estimate of drug-likeness (QED) is 0.553. The molecule has 0 aliphatic heterocycles. The molecule has 4 rings (SSSR count). The Balaban J connectivity index is 1.91. The van der Waals surface area contributed by atoms with E-state index in [4.69, 9.17) is 9.15 Å². The van der Waals surface area contributed by atoms with E-state index < -0.39 is 0 Å². The number of pyridine rings is 1. The molecule has 0 spiro atoms. The molecule has 4 aromatic rings. The van der Waals surface area contributed by atoms with Crippen LogP contribution in [0.15, 0.2) is 59.5 Å². The monoisotopic (exact) mass is 263 g/mol. The summed E-state index contributed by atoms with van der Waals surface area (Å²) in [6, 6.07) is 11.3. The molecule has 0 bridgehead atoms. The molecule has 5 heteroatoms. The van der Waals surface area contributed by atoms with Crippen LogP contribution in [-0.2, 0) is 0 Å². The van der Waals surface area contributed by atoms with Crippen LogP contribution in [-0.4, -0.2) is 15.0 Å². The number of para-hydroxylation sites is 1. The summed E-state index contributed by atoms with van der Waals surface area (Å²) >= 11 is 0. The largest absolute Gasteiger partial charge is 0.449 e. The van der Waals surface area contributed by atoms with Crippen molar-refractivity contribution in [3.05, 3.63) is 55.1 Å². The molecule has 0 fully saturated rings. The van der Waals surface area contributed by atoms with Crippen LogP contribution in [0.3, 0.4) is 0 Å². The number of ether oxygens (including phenoxy) is 1. The van der Waals surface area contributed by atoms with Gasteiger partial charge in [-0.1, -0.05) is 12.1 Å². The first-order valence-corrected chi connectivity index (χ1v) is 6.12. The van der Waals surface area contributed by atoms with Gasteiger partial charge in [-0.15, -0.1) is 0 Å². The minimum Gasteiger partial charge on any atom is -0.449 e. The Morgan fingerprint density at radius 3 is 2.85 bits per heavy atom. The van der Waals surface area contributed by atoms with Crippen LogP contribution in [0.1, 0.15) is 0 Å². The van der Waals surface area contributed by atoms with E-state index in [0.29, 0.717) is 17.2 Å². The van der Waals surface area contributed by atoms with Gasteiger partial charge in [-0.3, -0.25) is 4.98 Å². The maximum atomic E-state index is 5.79. The smallest absolute Gasteiger partial charge is 0.267 e. The second-order valence-electron chi connectivity index (χ2n) is 4.25. The maximum Gasteiger partial charge on any atom is 0.267 e. The van der Waals surface area contributed by atoms with Crippen molar-refractivity contribution in [3.63, 3.8) is 0 Å². The van der Waals surface area contributed by atoms with Crippen molar-refractivity contribution in [1.82, 2.24) is 15.0 Å².